The summed E-state index contributed by atoms with van der Waals surface area (Å²) in [6.07, 6.45) is 2.08. The van der Waals surface area contributed by atoms with Gasteiger partial charge in [0.2, 0.25) is 23.6 Å². The zero-order valence-electron chi connectivity index (χ0n) is 37.4. The molecule has 0 saturated carbocycles. The molecule has 4 atom stereocenters. The first-order chi connectivity index (χ1) is 31.2. The summed E-state index contributed by atoms with van der Waals surface area (Å²) in [5.41, 5.74) is 15.8. The van der Waals surface area contributed by atoms with Gasteiger partial charge in [-0.25, -0.2) is 9.97 Å². The standard InChI is InChI=1S/C47H58N10O8/c1-27(2)22-30-6-9-32(10-7-30)42-52-26-36(28(3)53-42)44(60)55-37(14-19-58)47(63)57(5)41-33-11-13-40(65-21-17-50)35(25-33)34-23-31(8-12-39(34)64-20-16-49)24-38(45(61)51-18-15-48)56-43(59)29(4)54-46(41)62/h6-13,23,25-27,29,37-38,41,58H,14,16-22,24,49-50H2,1-5H3,(H,51,61)(H,54,62)(H,55,60)(H,56,59)/t29-,37?,38-,41-/m0/s1. The van der Waals surface area contributed by atoms with E-state index in [0.717, 1.165) is 16.9 Å². The first-order valence-corrected chi connectivity index (χ1v) is 21.5. The van der Waals surface area contributed by atoms with Gasteiger partial charge in [0, 0.05) is 56.1 Å². The average molecular weight is 891 g/mol. The summed E-state index contributed by atoms with van der Waals surface area (Å²) < 4.78 is 12.1. The van der Waals surface area contributed by atoms with Crippen molar-refractivity contribution in [2.45, 2.75) is 71.1 Å². The number of aromatic nitrogens is 2. The molecule has 4 bridgehead atoms. The van der Waals surface area contributed by atoms with Crippen LogP contribution in [0.1, 0.15) is 66.0 Å². The number of carbonyl (C=O) groups is 5. The molecule has 1 aromatic heterocycles. The number of hydrogen-bond acceptors (Lipinski definition) is 13. The lowest BCUT2D eigenvalue weighted by molar-refractivity contribution is -0.142. The van der Waals surface area contributed by atoms with Crippen molar-refractivity contribution in [2.75, 3.05) is 46.5 Å². The Balaban J connectivity index is 1.55. The molecule has 4 aromatic rings. The Kier molecular flexibility index (Phi) is 17.5. The Labute approximate surface area is 378 Å². The van der Waals surface area contributed by atoms with Crippen molar-refractivity contribution >= 4 is 29.5 Å². The molecular formula is C47H58N10O8. The molecule has 0 spiro atoms. The molecule has 2 heterocycles. The highest BCUT2D eigenvalue weighted by atomic mass is 16.5. The van der Waals surface area contributed by atoms with E-state index in [0.29, 0.717) is 45.6 Å². The maximum Gasteiger partial charge on any atom is 0.255 e. The summed E-state index contributed by atoms with van der Waals surface area (Å²) in [4.78, 5) is 80.1. The van der Waals surface area contributed by atoms with Crippen molar-refractivity contribution < 1.29 is 38.6 Å². The van der Waals surface area contributed by atoms with E-state index >= 15 is 0 Å². The molecule has 1 aliphatic heterocycles. The van der Waals surface area contributed by atoms with E-state index in [9.17, 15) is 29.1 Å². The van der Waals surface area contributed by atoms with Gasteiger partial charge in [0.25, 0.3) is 5.91 Å². The lowest BCUT2D eigenvalue weighted by atomic mass is 9.93. The van der Waals surface area contributed by atoms with Crippen LogP contribution in [0.4, 0.5) is 0 Å². The van der Waals surface area contributed by atoms with Crippen molar-refractivity contribution in [1.82, 2.24) is 36.1 Å². The van der Waals surface area contributed by atoms with Crippen molar-refractivity contribution in [3.05, 3.63) is 94.8 Å². The first kappa shape index (κ1) is 49.1. The molecule has 1 aliphatic rings. The number of carbonyl (C=O) groups excluding carboxylic acids is 5. The maximum atomic E-state index is 14.6. The second kappa shape index (κ2) is 23.1. The molecule has 344 valence electrons. The van der Waals surface area contributed by atoms with Gasteiger partial charge in [-0.15, -0.1) is 0 Å². The van der Waals surface area contributed by atoms with Crippen LogP contribution < -0.4 is 42.2 Å². The third-order valence-corrected chi connectivity index (χ3v) is 10.7. The zero-order chi connectivity index (χ0) is 47.2. The van der Waals surface area contributed by atoms with Gasteiger partial charge in [0.15, 0.2) is 5.82 Å². The number of nitrogens with zero attached hydrogens (tertiary/aromatic N) is 4. The number of ether oxygens (including phenoxy) is 2. The van der Waals surface area contributed by atoms with Crippen LogP contribution in [0.25, 0.3) is 22.5 Å². The van der Waals surface area contributed by atoms with E-state index in [1.807, 2.05) is 30.3 Å². The summed E-state index contributed by atoms with van der Waals surface area (Å²) in [6.45, 7) is 7.19. The molecule has 3 aromatic carbocycles. The Morgan fingerprint density at radius 2 is 1.63 bits per heavy atom. The second-order valence-electron chi connectivity index (χ2n) is 16.1. The smallest absolute Gasteiger partial charge is 0.255 e. The molecule has 0 radical (unpaired) electrons. The van der Waals surface area contributed by atoms with Crippen LogP contribution in [0.3, 0.4) is 0 Å². The van der Waals surface area contributed by atoms with Gasteiger partial charge in [-0.2, -0.15) is 5.26 Å². The number of likely N-dealkylation sites (N-methyl/N-ethyl adjacent to an activating group) is 1. The topological polar surface area (TPSA) is 277 Å². The summed E-state index contributed by atoms with van der Waals surface area (Å²) in [5.74, 6) is -1.89. The largest absolute Gasteiger partial charge is 0.492 e. The number of rotatable bonds is 17. The van der Waals surface area contributed by atoms with Crippen LogP contribution in [0, 0.1) is 24.2 Å². The molecule has 5 rings (SSSR count). The van der Waals surface area contributed by atoms with Crippen LogP contribution >= 0.6 is 0 Å². The molecule has 18 nitrogen and oxygen atoms in total. The molecular weight excluding hydrogens is 833 g/mol. The number of hydrogen-bond donors (Lipinski definition) is 7. The molecule has 0 aliphatic carbocycles. The third-order valence-electron chi connectivity index (χ3n) is 10.7. The Bertz CT molecular complexity index is 2390. The number of benzene rings is 3. The minimum atomic E-state index is -1.44. The highest BCUT2D eigenvalue weighted by Crippen LogP contribution is 2.40. The summed E-state index contributed by atoms with van der Waals surface area (Å²) in [5, 5.41) is 29.9. The molecule has 0 saturated heterocycles. The van der Waals surface area contributed by atoms with Gasteiger partial charge in [-0.3, -0.25) is 24.0 Å². The average Bonchev–Trinajstić information content (AvgIpc) is 3.28. The monoisotopic (exact) mass is 890 g/mol. The third kappa shape index (κ3) is 12.6. The van der Waals surface area contributed by atoms with Crippen LogP contribution in [-0.2, 0) is 32.0 Å². The fourth-order valence-corrected chi connectivity index (χ4v) is 7.42. The first-order valence-electron chi connectivity index (χ1n) is 21.5. The van der Waals surface area contributed by atoms with Crippen LogP contribution in [0.2, 0.25) is 0 Å². The number of aliphatic hydroxyl groups excluding tert-OH is 1. The molecule has 9 N–H and O–H groups in total. The number of aliphatic hydroxyl groups is 1. The number of nitrogens with two attached hydrogens (primary N) is 2. The van der Waals surface area contributed by atoms with E-state index in [2.05, 4.69) is 45.1 Å². The van der Waals surface area contributed by atoms with Crippen molar-refractivity contribution in [2.24, 2.45) is 17.4 Å². The number of aryl methyl sites for hydroxylation is 1. The SMILES string of the molecule is Cc1nc(-c2ccc(CC(C)C)cc2)ncc1C(=O)NC(CCO)C(=O)N(C)[C@@H]1C(=O)N[C@@H](C)C(=O)N[C@H](C(=O)NCC#N)Cc2ccc(OCCN)c(c2)-c2cc1ccc2OCCN. The predicted octanol–water partition coefficient (Wildman–Crippen LogP) is 1.86. The van der Waals surface area contributed by atoms with E-state index in [1.165, 1.54) is 25.7 Å². The van der Waals surface area contributed by atoms with Crippen LogP contribution in [0.15, 0.2) is 66.9 Å². The fraction of sp³-hybridized carbons (Fsp3) is 0.404. The Morgan fingerprint density at radius 1 is 0.969 bits per heavy atom. The van der Waals surface area contributed by atoms with E-state index in [1.54, 1.807) is 43.3 Å². The second-order valence-corrected chi connectivity index (χ2v) is 16.1. The Hall–Kier alpha value is -6.94. The number of fused-ring (bicyclic) bond motifs is 5. The van der Waals surface area contributed by atoms with Gasteiger partial charge in [-0.05, 0) is 73.6 Å². The van der Waals surface area contributed by atoms with Crippen molar-refractivity contribution in [1.29, 1.82) is 5.26 Å². The highest BCUT2D eigenvalue weighted by molar-refractivity contribution is 6.00. The quantitative estimate of drug-likeness (QED) is 0.0747. The summed E-state index contributed by atoms with van der Waals surface area (Å²) in [6, 6.07) is 14.6. The van der Waals surface area contributed by atoms with Crippen molar-refractivity contribution in [3.63, 3.8) is 0 Å². The lowest BCUT2D eigenvalue weighted by Crippen LogP contribution is -2.56. The normalized spacial score (nSPS) is 16.5. The van der Waals surface area contributed by atoms with Gasteiger partial charge >= 0.3 is 0 Å². The molecule has 65 heavy (non-hydrogen) atoms. The zero-order valence-corrected chi connectivity index (χ0v) is 37.4. The van der Waals surface area contributed by atoms with E-state index in [4.69, 9.17) is 26.2 Å². The molecule has 1 unspecified atom stereocenters. The number of nitriles is 1. The van der Waals surface area contributed by atoms with Gasteiger partial charge in [-0.1, -0.05) is 50.2 Å². The maximum absolute atomic E-state index is 14.6. The van der Waals surface area contributed by atoms with E-state index in [-0.39, 0.29) is 56.8 Å². The summed E-state index contributed by atoms with van der Waals surface area (Å²) >= 11 is 0. The Morgan fingerprint density at radius 3 is 2.25 bits per heavy atom. The minimum absolute atomic E-state index is 0.00744. The fourth-order valence-electron chi connectivity index (χ4n) is 7.42. The molecule has 5 amide bonds. The number of amides is 5. The van der Waals surface area contributed by atoms with Gasteiger partial charge in [0.1, 0.15) is 55.4 Å². The van der Waals surface area contributed by atoms with E-state index < -0.39 is 60.3 Å². The predicted molar refractivity (Wildman–Crippen MR) is 242 cm³/mol. The van der Waals surface area contributed by atoms with Gasteiger partial charge < -0.3 is 52.2 Å². The lowest BCUT2D eigenvalue weighted by Gasteiger charge is -2.32. The number of nitrogens with one attached hydrogen (secondary N) is 4. The summed E-state index contributed by atoms with van der Waals surface area (Å²) in [7, 11) is 1.37. The van der Waals surface area contributed by atoms with Crippen LogP contribution in [0.5, 0.6) is 11.5 Å². The van der Waals surface area contributed by atoms with Crippen molar-refractivity contribution in [3.8, 4) is 40.1 Å². The van der Waals surface area contributed by atoms with Gasteiger partial charge in [0.05, 0.1) is 17.3 Å². The molecule has 0 fully saturated rings. The molecule has 18 heteroatoms. The van der Waals surface area contributed by atoms with Crippen LogP contribution in [-0.4, -0.2) is 114 Å². The minimum Gasteiger partial charge on any atom is -0.492 e. The highest BCUT2D eigenvalue weighted by Gasteiger charge is 2.36.